The van der Waals surface area contributed by atoms with Crippen molar-refractivity contribution in [2.45, 2.75) is 19.0 Å². The smallest absolute Gasteiger partial charge is 0.256 e. The van der Waals surface area contributed by atoms with E-state index in [1.54, 1.807) is 32.4 Å². The molecule has 1 amide bonds. The van der Waals surface area contributed by atoms with Crippen molar-refractivity contribution < 1.29 is 19.0 Å². The lowest BCUT2D eigenvalue weighted by Gasteiger charge is -2.31. The summed E-state index contributed by atoms with van der Waals surface area (Å²) >= 11 is 12.1. The molecule has 5 rings (SSSR count). The fourth-order valence-corrected chi connectivity index (χ4v) is 4.84. The first kappa shape index (κ1) is 21.6. The molecule has 2 aliphatic heterocycles. The number of carbonyl (C=O) groups is 1. The number of hydrogen-bond donors (Lipinski definition) is 0. The third-order valence-electron chi connectivity index (χ3n) is 5.91. The van der Waals surface area contributed by atoms with Gasteiger partial charge in [0, 0.05) is 18.0 Å². The number of nitrogens with zero attached hydrogens (tertiary/aromatic N) is 2. The number of benzene rings is 3. The highest BCUT2D eigenvalue weighted by Gasteiger charge is 2.46. The van der Waals surface area contributed by atoms with Crippen LogP contribution in [0.4, 0.5) is 5.69 Å². The van der Waals surface area contributed by atoms with Crippen molar-refractivity contribution in [3.8, 4) is 23.0 Å². The van der Waals surface area contributed by atoms with Gasteiger partial charge in [0.1, 0.15) is 11.8 Å². The Kier molecular flexibility index (Phi) is 5.60. The molecule has 0 N–H and O–H groups in total. The molecule has 2 heterocycles. The molecule has 0 aromatic heterocycles. The molecule has 33 heavy (non-hydrogen) atoms. The first-order chi connectivity index (χ1) is 16.0. The molecule has 0 bridgehead atoms. The normalized spacial score (nSPS) is 17.0. The number of para-hydroxylation sites is 1. The molecule has 0 radical (unpaired) electrons. The van der Waals surface area contributed by atoms with E-state index in [9.17, 15) is 4.79 Å². The number of carbonyl (C=O) groups excluding carboxylic acids is 1. The maximum atomic E-state index is 13.6. The molecule has 6 nitrogen and oxygen atoms in total. The molecule has 0 aliphatic carbocycles. The average molecular weight is 481 g/mol. The number of amides is 1. The van der Waals surface area contributed by atoms with Crippen LogP contribution in [0.3, 0.4) is 0 Å². The van der Waals surface area contributed by atoms with Crippen LogP contribution in [-0.2, 0) is 17.8 Å². The van der Waals surface area contributed by atoms with Crippen molar-refractivity contribution in [1.29, 1.82) is 0 Å². The fraction of sp³-hybridized carbons (Fsp3) is 0.200. The monoisotopic (exact) mass is 480 g/mol. The van der Waals surface area contributed by atoms with Gasteiger partial charge in [-0.2, -0.15) is 0 Å². The van der Waals surface area contributed by atoms with Gasteiger partial charge in [-0.3, -0.25) is 9.69 Å². The van der Waals surface area contributed by atoms with E-state index in [0.717, 1.165) is 11.1 Å². The predicted molar refractivity (Wildman–Crippen MR) is 131 cm³/mol. The van der Waals surface area contributed by atoms with E-state index < -0.39 is 6.04 Å². The van der Waals surface area contributed by atoms with Crippen LogP contribution in [0, 0.1) is 0 Å². The van der Waals surface area contributed by atoms with Gasteiger partial charge >= 0.3 is 0 Å². The molecule has 0 saturated carbocycles. The second-order valence-electron chi connectivity index (χ2n) is 7.81. The molecular formula is C25H21ClN2O4S. The van der Waals surface area contributed by atoms with E-state index in [0.29, 0.717) is 51.8 Å². The van der Waals surface area contributed by atoms with Crippen molar-refractivity contribution in [2.75, 3.05) is 19.1 Å². The van der Waals surface area contributed by atoms with Gasteiger partial charge in [-0.1, -0.05) is 29.8 Å². The van der Waals surface area contributed by atoms with Crippen LogP contribution in [0.25, 0.3) is 0 Å². The molecule has 0 spiro atoms. The van der Waals surface area contributed by atoms with Gasteiger partial charge in [-0.05, 0) is 65.8 Å². The summed E-state index contributed by atoms with van der Waals surface area (Å²) in [6.45, 7) is 0.497. The minimum atomic E-state index is -0.411. The summed E-state index contributed by atoms with van der Waals surface area (Å²) in [5.41, 5.74) is 2.61. The zero-order valence-corrected chi connectivity index (χ0v) is 19.7. The van der Waals surface area contributed by atoms with Crippen LogP contribution in [-0.4, -0.2) is 36.2 Å². The van der Waals surface area contributed by atoms with E-state index in [1.807, 2.05) is 47.4 Å². The summed E-state index contributed by atoms with van der Waals surface area (Å²) in [5.74, 6) is 2.34. The van der Waals surface area contributed by atoms with Gasteiger partial charge in [-0.25, -0.2) is 0 Å². The van der Waals surface area contributed by atoms with Crippen LogP contribution in [0.2, 0.25) is 5.02 Å². The molecule has 168 valence electrons. The zero-order valence-electron chi connectivity index (χ0n) is 18.1. The minimum Gasteiger partial charge on any atom is -0.493 e. The van der Waals surface area contributed by atoms with Gasteiger partial charge in [0.15, 0.2) is 22.4 Å². The maximum absolute atomic E-state index is 13.6. The number of ether oxygens (including phenoxy) is 3. The molecule has 1 fully saturated rings. The molecule has 8 heteroatoms. The van der Waals surface area contributed by atoms with E-state index in [1.165, 1.54) is 4.90 Å². The lowest BCUT2D eigenvalue weighted by atomic mass is 9.94. The highest BCUT2D eigenvalue weighted by molar-refractivity contribution is 7.80. The SMILES string of the molecule is COc1cc2c(cc1OC)CN1C(=S)N(c3cc(Cl)ccc3Oc3ccccc3)C(=O)[C@@H]1C2. The number of fused-ring (bicyclic) bond motifs is 2. The third-order valence-corrected chi connectivity index (χ3v) is 6.56. The van der Waals surface area contributed by atoms with Crippen molar-refractivity contribution in [2.24, 2.45) is 0 Å². The summed E-state index contributed by atoms with van der Waals surface area (Å²) < 4.78 is 17.0. The number of hydrogen-bond acceptors (Lipinski definition) is 5. The molecule has 0 unspecified atom stereocenters. The molecule has 3 aromatic carbocycles. The Hall–Kier alpha value is -3.29. The first-order valence-electron chi connectivity index (χ1n) is 10.4. The van der Waals surface area contributed by atoms with Crippen molar-refractivity contribution >= 4 is 40.5 Å². The first-order valence-corrected chi connectivity index (χ1v) is 11.2. The van der Waals surface area contributed by atoms with E-state index >= 15 is 0 Å². The second-order valence-corrected chi connectivity index (χ2v) is 8.61. The summed E-state index contributed by atoms with van der Waals surface area (Å²) in [5, 5.41) is 0.911. The number of methoxy groups -OCH3 is 2. The summed E-state index contributed by atoms with van der Waals surface area (Å²) in [4.78, 5) is 17.1. The summed E-state index contributed by atoms with van der Waals surface area (Å²) in [7, 11) is 3.21. The van der Waals surface area contributed by atoms with E-state index in [2.05, 4.69) is 0 Å². The topological polar surface area (TPSA) is 51.2 Å². The van der Waals surface area contributed by atoms with Crippen LogP contribution < -0.4 is 19.1 Å². The molecule has 1 atom stereocenters. The van der Waals surface area contributed by atoms with Gasteiger partial charge < -0.3 is 19.1 Å². The van der Waals surface area contributed by atoms with Crippen LogP contribution in [0.15, 0.2) is 60.7 Å². The Morgan fingerprint density at radius 1 is 0.939 bits per heavy atom. The molecule has 2 aliphatic rings. The van der Waals surface area contributed by atoms with Crippen molar-refractivity contribution in [1.82, 2.24) is 4.90 Å². The number of anilines is 1. The number of rotatable bonds is 5. The lowest BCUT2D eigenvalue weighted by molar-refractivity contribution is -0.120. The van der Waals surface area contributed by atoms with Gasteiger partial charge in [-0.15, -0.1) is 0 Å². The Morgan fingerprint density at radius 3 is 2.33 bits per heavy atom. The van der Waals surface area contributed by atoms with E-state index in [-0.39, 0.29) is 5.91 Å². The van der Waals surface area contributed by atoms with Crippen LogP contribution >= 0.6 is 23.8 Å². The Balaban J connectivity index is 1.51. The van der Waals surface area contributed by atoms with Gasteiger partial charge in [0.25, 0.3) is 5.91 Å². The highest BCUT2D eigenvalue weighted by atomic mass is 35.5. The number of thiocarbonyl (C=S) groups is 1. The summed E-state index contributed by atoms with van der Waals surface area (Å²) in [6, 6.07) is 18.1. The summed E-state index contributed by atoms with van der Waals surface area (Å²) in [6.07, 6.45) is 0.514. The van der Waals surface area contributed by atoms with Crippen LogP contribution in [0.1, 0.15) is 11.1 Å². The van der Waals surface area contributed by atoms with Gasteiger partial charge in [0.05, 0.1) is 19.9 Å². The van der Waals surface area contributed by atoms with Crippen molar-refractivity contribution in [3.05, 3.63) is 76.8 Å². The molecular weight excluding hydrogens is 460 g/mol. The minimum absolute atomic E-state index is 0.111. The largest absolute Gasteiger partial charge is 0.493 e. The standard InChI is InChI=1S/C25H21ClN2O4S/c1-30-22-11-15-10-20-24(29)28(25(33)27(20)14-16(15)12-23(22)31-2)19-13-17(26)8-9-21(19)32-18-6-4-3-5-7-18/h3-9,11-13,20H,10,14H2,1-2H3/t20-/m0/s1. The van der Waals surface area contributed by atoms with Crippen molar-refractivity contribution in [3.63, 3.8) is 0 Å². The second kappa shape index (κ2) is 8.57. The Bertz CT molecular complexity index is 1200. The Morgan fingerprint density at radius 2 is 1.64 bits per heavy atom. The van der Waals surface area contributed by atoms with Gasteiger partial charge in [0.2, 0.25) is 0 Å². The fourth-order valence-electron chi connectivity index (χ4n) is 4.29. The molecule has 3 aromatic rings. The Labute approximate surface area is 202 Å². The third kappa shape index (κ3) is 3.77. The molecule has 1 saturated heterocycles. The maximum Gasteiger partial charge on any atom is 0.256 e. The quantitative estimate of drug-likeness (QED) is 0.467. The highest BCUT2D eigenvalue weighted by Crippen LogP contribution is 2.41. The zero-order chi connectivity index (χ0) is 23.1. The number of halogens is 1. The van der Waals surface area contributed by atoms with E-state index in [4.69, 9.17) is 38.0 Å². The predicted octanol–water partition coefficient (Wildman–Crippen LogP) is 5.21. The lowest BCUT2D eigenvalue weighted by Crippen LogP contribution is -2.40. The average Bonchev–Trinajstić information content (AvgIpc) is 3.07. The van der Waals surface area contributed by atoms with Crippen LogP contribution in [0.5, 0.6) is 23.0 Å².